The first-order chi connectivity index (χ1) is 5.83. The summed E-state index contributed by atoms with van der Waals surface area (Å²) in [6.07, 6.45) is 2.37. The van der Waals surface area contributed by atoms with Gasteiger partial charge in [0.25, 0.3) is 0 Å². The number of rotatable bonds is 6. The number of carbonyl (C=O) groups excluding carboxylic acids is 1. The molecule has 0 bridgehead atoms. The van der Waals surface area contributed by atoms with E-state index in [0.29, 0.717) is 6.42 Å². The van der Waals surface area contributed by atoms with E-state index in [1.54, 1.807) is 0 Å². The van der Waals surface area contributed by atoms with Gasteiger partial charge in [-0.05, 0) is 19.3 Å². The van der Waals surface area contributed by atoms with E-state index in [2.05, 4.69) is 21.1 Å². The van der Waals surface area contributed by atoms with Crippen LogP contribution in [0.25, 0.3) is 0 Å². The molecule has 0 aromatic heterocycles. The first kappa shape index (κ1) is 12.4. The monoisotopic (exact) mass is 188 g/mol. The first-order valence-electron chi connectivity index (χ1n) is 4.60. The van der Waals surface area contributed by atoms with Crippen LogP contribution < -0.4 is 10.8 Å². The number of hydrogen-bond donors (Lipinski definition) is 1. The van der Waals surface area contributed by atoms with Gasteiger partial charge in [-0.3, -0.25) is 0 Å². The average Bonchev–Trinajstić information content (AvgIpc) is 1.95. The molecule has 4 nitrogen and oxygen atoms in total. The summed E-state index contributed by atoms with van der Waals surface area (Å²) < 4.78 is 0.903. The van der Waals surface area contributed by atoms with Crippen molar-refractivity contribution in [3.63, 3.8) is 0 Å². The summed E-state index contributed by atoms with van der Waals surface area (Å²) in [6, 6.07) is -0.799. The second kappa shape index (κ2) is 5.19. The fraction of sp³-hybridized carbons (Fsp3) is 0.889. The fourth-order valence-corrected chi connectivity index (χ4v) is 1.07. The lowest BCUT2D eigenvalue weighted by molar-refractivity contribution is -0.870. The maximum absolute atomic E-state index is 10.3. The van der Waals surface area contributed by atoms with Crippen LogP contribution in [0.1, 0.15) is 19.3 Å². The van der Waals surface area contributed by atoms with Gasteiger partial charge in [-0.15, -0.1) is 0 Å². The Labute approximate surface area is 79.9 Å². The Bertz CT molecular complexity index is 163. The van der Waals surface area contributed by atoms with Crippen molar-refractivity contribution in [1.29, 1.82) is 0 Å². The maximum Gasteiger partial charge on any atom is 0.0780 e. The molecule has 0 aliphatic carbocycles. The van der Waals surface area contributed by atoms with E-state index in [-0.39, 0.29) is 0 Å². The van der Waals surface area contributed by atoms with E-state index in [9.17, 15) is 9.90 Å². The number of quaternary nitrogens is 1. The molecule has 0 aliphatic rings. The maximum atomic E-state index is 10.3. The Morgan fingerprint density at radius 1 is 1.38 bits per heavy atom. The predicted molar refractivity (Wildman–Crippen MR) is 49.7 cm³/mol. The summed E-state index contributed by atoms with van der Waals surface area (Å²) in [6.45, 7) is 1.04. The highest BCUT2D eigenvalue weighted by atomic mass is 16.4. The Hall–Kier alpha value is -0.610. The van der Waals surface area contributed by atoms with Gasteiger partial charge in [0.1, 0.15) is 0 Å². The molecule has 1 atom stereocenters. The van der Waals surface area contributed by atoms with Gasteiger partial charge in [0.05, 0.1) is 33.7 Å². The highest BCUT2D eigenvalue weighted by Gasteiger charge is 2.07. The number of hydrogen-bond acceptors (Lipinski definition) is 3. The standard InChI is InChI=1S/C9H20N2O2/c1-11(2,3)7-5-4-6-8(10)9(12)13/h8H,4-7,10H2,1-3H3/t8-/m1/s1. The molecular formula is C9H20N2O2. The third-order valence-corrected chi connectivity index (χ3v) is 1.90. The van der Waals surface area contributed by atoms with Gasteiger partial charge in [0.2, 0.25) is 0 Å². The van der Waals surface area contributed by atoms with Gasteiger partial charge in [0, 0.05) is 6.04 Å². The molecule has 0 unspecified atom stereocenters. The van der Waals surface area contributed by atoms with Crippen LogP contribution in [-0.2, 0) is 4.79 Å². The molecule has 0 saturated heterocycles. The molecule has 2 N–H and O–H groups in total. The lowest BCUT2D eigenvalue weighted by Crippen LogP contribution is -2.42. The average molecular weight is 188 g/mol. The smallest absolute Gasteiger partial charge is 0.0780 e. The molecule has 0 aromatic carbocycles. The van der Waals surface area contributed by atoms with Crippen LogP contribution in [0.2, 0.25) is 0 Å². The number of unbranched alkanes of at least 4 members (excludes halogenated alkanes) is 1. The van der Waals surface area contributed by atoms with E-state index in [1.165, 1.54) is 0 Å². The van der Waals surface area contributed by atoms with Crippen molar-refractivity contribution >= 4 is 5.97 Å². The SMILES string of the molecule is C[N+](C)(C)CCCC[C@@H](N)C(=O)[O-]. The van der Waals surface area contributed by atoms with Gasteiger partial charge in [-0.2, -0.15) is 0 Å². The van der Waals surface area contributed by atoms with Crippen LogP contribution in [0.5, 0.6) is 0 Å². The lowest BCUT2D eigenvalue weighted by atomic mass is 10.1. The largest absolute Gasteiger partial charge is 0.548 e. The Morgan fingerprint density at radius 2 is 1.92 bits per heavy atom. The van der Waals surface area contributed by atoms with Crippen LogP contribution in [0, 0.1) is 0 Å². The number of carbonyl (C=O) groups is 1. The van der Waals surface area contributed by atoms with Crippen molar-refractivity contribution < 1.29 is 14.4 Å². The van der Waals surface area contributed by atoms with E-state index in [4.69, 9.17) is 5.73 Å². The summed E-state index contributed by atoms with van der Waals surface area (Å²) in [5, 5.41) is 10.3. The van der Waals surface area contributed by atoms with Crippen LogP contribution in [0.15, 0.2) is 0 Å². The Kier molecular flexibility index (Phi) is 4.95. The summed E-state index contributed by atoms with van der Waals surface area (Å²) >= 11 is 0. The van der Waals surface area contributed by atoms with E-state index >= 15 is 0 Å². The molecule has 78 valence electrons. The highest BCUT2D eigenvalue weighted by Crippen LogP contribution is 2.02. The lowest BCUT2D eigenvalue weighted by Gasteiger charge is -2.24. The molecule has 13 heavy (non-hydrogen) atoms. The molecule has 0 aromatic rings. The number of aliphatic carboxylic acids is 1. The van der Waals surface area contributed by atoms with Gasteiger partial charge in [0.15, 0.2) is 0 Å². The third-order valence-electron chi connectivity index (χ3n) is 1.90. The zero-order valence-corrected chi connectivity index (χ0v) is 8.75. The molecule has 4 heteroatoms. The first-order valence-corrected chi connectivity index (χ1v) is 4.60. The minimum absolute atomic E-state index is 0.516. The van der Waals surface area contributed by atoms with Crippen molar-refractivity contribution in [3.8, 4) is 0 Å². The molecule has 0 amide bonds. The molecule has 0 radical (unpaired) electrons. The van der Waals surface area contributed by atoms with E-state index < -0.39 is 12.0 Å². The third kappa shape index (κ3) is 7.74. The zero-order chi connectivity index (χ0) is 10.5. The number of nitrogens with two attached hydrogens (primary N) is 1. The van der Waals surface area contributed by atoms with Crippen LogP contribution in [-0.4, -0.2) is 44.2 Å². The normalized spacial score (nSPS) is 14.2. The Morgan fingerprint density at radius 3 is 2.31 bits per heavy atom. The van der Waals surface area contributed by atoms with Crippen LogP contribution in [0.3, 0.4) is 0 Å². The molecule has 0 fully saturated rings. The zero-order valence-electron chi connectivity index (χ0n) is 8.75. The predicted octanol–water partition coefficient (Wildman–Crippen LogP) is -1.06. The molecule has 0 saturated carbocycles. The van der Waals surface area contributed by atoms with Crippen molar-refractivity contribution in [1.82, 2.24) is 0 Å². The van der Waals surface area contributed by atoms with Gasteiger partial charge in [-0.1, -0.05) is 0 Å². The molecule has 0 aliphatic heterocycles. The van der Waals surface area contributed by atoms with Gasteiger partial charge < -0.3 is 20.1 Å². The molecular weight excluding hydrogens is 168 g/mol. The summed E-state index contributed by atoms with van der Waals surface area (Å²) in [7, 11) is 6.33. The summed E-state index contributed by atoms with van der Waals surface area (Å²) in [4.78, 5) is 10.3. The quantitative estimate of drug-likeness (QED) is 0.427. The van der Waals surface area contributed by atoms with Crippen LogP contribution >= 0.6 is 0 Å². The Balaban J connectivity index is 3.41. The van der Waals surface area contributed by atoms with Crippen molar-refractivity contribution in [3.05, 3.63) is 0 Å². The topological polar surface area (TPSA) is 66.2 Å². The summed E-state index contributed by atoms with van der Waals surface area (Å²) in [5.74, 6) is -1.15. The van der Waals surface area contributed by atoms with Crippen molar-refractivity contribution in [2.24, 2.45) is 5.73 Å². The molecule has 0 rings (SSSR count). The number of carboxylic acid groups (broad SMARTS) is 1. The summed E-state index contributed by atoms with van der Waals surface area (Å²) in [5.41, 5.74) is 5.30. The highest BCUT2D eigenvalue weighted by molar-refractivity contribution is 5.70. The van der Waals surface area contributed by atoms with Crippen LogP contribution in [0.4, 0.5) is 0 Å². The second-order valence-electron chi connectivity index (χ2n) is 4.44. The second-order valence-corrected chi connectivity index (χ2v) is 4.44. The van der Waals surface area contributed by atoms with Crippen molar-refractivity contribution in [2.75, 3.05) is 27.7 Å². The van der Waals surface area contributed by atoms with E-state index in [0.717, 1.165) is 23.9 Å². The minimum atomic E-state index is -1.15. The van der Waals surface area contributed by atoms with Gasteiger partial charge in [-0.25, -0.2) is 0 Å². The molecule has 0 heterocycles. The fourth-order valence-electron chi connectivity index (χ4n) is 1.07. The van der Waals surface area contributed by atoms with Crippen molar-refractivity contribution in [2.45, 2.75) is 25.3 Å². The number of nitrogens with zero attached hydrogens (tertiary/aromatic N) is 1. The molecule has 0 spiro atoms. The minimum Gasteiger partial charge on any atom is -0.548 e. The van der Waals surface area contributed by atoms with Gasteiger partial charge >= 0.3 is 0 Å². The number of carboxylic acids is 1. The van der Waals surface area contributed by atoms with E-state index in [1.807, 2.05) is 0 Å².